The molecule has 0 saturated heterocycles. The van der Waals surface area contributed by atoms with Gasteiger partial charge in [0.15, 0.2) is 22.1 Å². The largest absolute Gasteiger partial charge is 0.480 e. The van der Waals surface area contributed by atoms with Crippen LogP contribution in [0.25, 0.3) is 11.2 Å². The molecule has 24 heavy (non-hydrogen) atoms. The maximum atomic E-state index is 13.0. The predicted octanol–water partition coefficient (Wildman–Crippen LogP) is 2.04. The molecule has 3 aromatic rings. The maximum Gasteiger partial charge on any atom is 0.296 e. The van der Waals surface area contributed by atoms with Gasteiger partial charge in [0.1, 0.15) is 5.82 Å². The first kappa shape index (κ1) is 16.5. The van der Waals surface area contributed by atoms with Crippen LogP contribution in [-0.2, 0) is 11.3 Å². The van der Waals surface area contributed by atoms with Crippen molar-refractivity contribution in [3.8, 4) is 6.01 Å². The highest BCUT2D eigenvalue weighted by Gasteiger charge is 2.16. The van der Waals surface area contributed by atoms with E-state index >= 15 is 0 Å². The van der Waals surface area contributed by atoms with Gasteiger partial charge in [-0.25, -0.2) is 14.4 Å². The molecule has 126 valence electrons. The Labute approximate surface area is 141 Å². The number of hydrogen-bond acceptors (Lipinski definition) is 7. The van der Waals surface area contributed by atoms with Crippen LogP contribution >= 0.6 is 11.8 Å². The normalized spacial score (nSPS) is 11.2. The van der Waals surface area contributed by atoms with Crippen LogP contribution in [0.15, 0.2) is 29.4 Å². The van der Waals surface area contributed by atoms with E-state index in [0.29, 0.717) is 35.2 Å². The Morgan fingerprint density at radius 3 is 2.71 bits per heavy atom. The van der Waals surface area contributed by atoms with E-state index in [1.54, 1.807) is 19.2 Å². The molecule has 0 atom stereocenters. The lowest BCUT2D eigenvalue weighted by molar-refractivity contribution is 0.218. The highest BCUT2D eigenvalue weighted by Crippen LogP contribution is 2.26. The topological polar surface area (TPSA) is 99.1 Å². The number of ether oxygens (including phenoxy) is 1. The molecule has 0 spiro atoms. The molecular formula is C15H16FN5O2S. The number of imidazole rings is 1. The number of aromatic hydroxyl groups is 1. The molecule has 3 N–H and O–H groups in total. The minimum absolute atomic E-state index is 0.202. The van der Waals surface area contributed by atoms with Gasteiger partial charge in [0.2, 0.25) is 0 Å². The molecule has 7 nitrogen and oxygen atoms in total. The van der Waals surface area contributed by atoms with Crippen molar-refractivity contribution in [3.63, 3.8) is 0 Å². The minimum atomic E-state index is -0.318. The fraction of sp³-hybridized carbons (Fsp3) is 0.267. The number of benzene rings is 1. The second-order valence-electron chi connectivity index (χ2n) is 5.03. The van der Waals surface area contributed by atoms with Crippen molar-refractivity contribution in [2.45, 2.75) is 11.7 Å². The molecule has 2 aromatic heterocycles. The van der Waals surface area contributed by atoms with E-state index in [9.17, 15) is 9.50 Å². The number of methoxy groups -OCH3 is 1. The summed E-state index contributed by atoms with van der Waals surface area (Å²) >= 11 is 1.40. The first-order valence-corrected chi connectivity index (χ1v) is 8.16. The molecule has 2 heterocycles. The summed E-state index contributed by atoms with van der Waals surface area (Å²) in [7, 11) is 1.62. The molecule has 0 saturated carbocycles. The minimum Gasteiger partial charge on any atom is -0.480 e. The molecule has 0 fully saturated rings. The summed E-state index contributed by atoms with van der Waals surface area (Å²) in [5, 5.41) is 10.6. The van der Waals surface area contributed by atoms with Gasteiger partial charge < -0.3 is 15.6 Å². The van der Waals surface area contributed by atoms with Crippen molar-refractivity contribution < 1.29 is 14.2 Å². The van der Waals surface area contributed by atoms with E-state index in [4.69, 9.17) is 10.5 Å². The summed E-state index contributed by atoms with van der Waals surface area (Å²) in [6, 6.07) is 5.79. The third kappa shape index (κ3) is 3.41. The van der Waals surface area contributed by atoms with E-state index in [-0.39, 0.29) is 17.6 Å². The quantitative estimate of drug-likeness (QED) is 0.399. The second-order valence-corrected chi connectivity index (χ2v) is 6.09. The van der Waals surface area contributed by atoms with Gasteiger partial charge in [-0.2, -0.15) is 4.98 Å². The summed E-state index contributed by atoms with van der Waals surface area (Å²) in [5.74, 6) is 0.564. The molecule has 3 rings (SSSR count). The van der Waals surface area contributed by atoms with Crippen LogP contribution in [-0.4, -0.2) is 44.1 Å². The predicted molar refractivity (Wildman–Crippen MR) is 89.5 cm³/mol. The highest BCUT2D eigenvalue weighted by atomic mass is 32.2. The first-order valence-electron chi connectivity index (χ1n) is 7.17. The number of nitrogens with two attached hydrogens (primary N) is 1. The van der Waals surface area contributed by atoms with Crippen LogP contribution in [0.1, 0.15) is 5.56 Å². The smallest absolute Gasteiger partial charge is 0.296 e. The molecule has 0 aliphatic heterocycles. The van der Waals surface area contributed by atoms with Crippen LogP contribution < -0.4 is 5.73 Å². The Morgan fingerprint density at radius 1 is 1.25 bits per heavy atom. The molecule has 1 aromatic carbocycles. The monoisotopic (exact) mass is 349 g/mol. The Balaban J connectivity index is 1.96. The summed E-state index contributed by atoms with van der Waals surface area (Å²) < 4.78 is 19.5. The molecular weight excluding hydrogens is 333 g/mol. The van der Waals surface area contributed by atoms with Crippen LogP contribution in [0.5, 0.6) is 6.01 Å². The van der Waals surface area contributed by atoms with Crippen LogP contribution in [0.3, 0.4) is 0 Å². The van der Waals surface area contributed by atoms with Gasteiger partial charge in [0.25, 0.3) is 6.01 Å². The fourth-order valence-corrected chi connectivity index (χ4v) is 2.93. The number of rotatable bonds is 6. The number of halogens is 1. The average molecular weight is 349 g/mol. The molecule has 0 unspecified atom stereocenters. The number of aromatic nitrogens is 4. The maximum absolute atomic E-state index is 13.0. The van der Waals surface area contributed by atoms with Gasteiger partial charge >= 0.3 is 0 Å². The number of nitrogen functional groups attached to an aromatic ring is 1. The standard InChI is InChI=1S/C15H16FN5O2S/c1-23-6-7-24-14-19-12(17)11-13(20-14)21(15(22)18-11)8-9-2-4-10(16)5-3-9/h2-5H,6-8H2,1H3,(H,18,22)(H2,17,19,20). The lowest BCUT2D eigenvalue weighted by Crippen LogP contribution is -2.03. The molecule has 0 aliphatic rings. The number of fused-ring (bicyclic) bond motifs is 1. The van der Waals surface area contributed by atoms with Crippen molar-refractivity contribution in [2.75, 3.05) is 25.2 Å². The summed E-state index contributed by atoms with van der Waals surface area (Å²) in [5.41, 5.74) is 7.50. The van der Waals surface area contributed by atoms with Crippen LogP contribution in [0, 0.1) is 5.82 Å². The average Bonchev–Trinajstić information content (AvgIpc) is 2.87. The summed E-state index contributed by atoms with van der Waals surface area (Å²) in [6.45, 7) is 0.854. The van der Waals surface area contributed by atoms with E-state index in [2.05, 4.69) is 15.0 Å². The van der Waals surface area contributed by atoms with Crippen molar-refractivity contribution in [1.29, 1.82) is 0 Å². The number of hydrogen-bond donors (Lipinski definition) is 2. The first-order chi connectivity index (χ1) is 11.6. The Kier molecular flexibility index (Phi) is 4.81. The Bertz CT molecular complexity index is 853. The van der Waals surface area contributed by atoms with Gasteiger partial charge in [-0.1, -0.05) is 23.9 Å². The van der Waals surface area contributed by atoms with Crippen LogP contribution in [0.2, 0.25) is 0 Å². The lowest BCUT2D eigenvalue weighted by Gasteiger charge is -2.06. The van der Waals surface area contributed by atoms with Crippen molar-refractivity contribution >= 4 is 28.7 Å². The van der Waals surface area contributed by atoms with Crippen molar-refractivity contribution in [2.24, 2.45) is 0 Å². The Morgan fingerprint density at radius 2 is 2.00 bits per heavy atom. The summed E-state index contributed by atoms with van der Waals surface area (Å²) in [6.07, 6.45) is 0. The SMILES string of the molecule is COCCSc1nc(N)c2nc(O)n(Cc3ccc(F)cc3)c2n1. The third-order valence-corrected chi connectivity index (χ3v) is 4.17. The van der Waals surface area contributed by atoms with Gasteiger partial charge in [0, 0.05) is 12.9 Å². The Hall–Kier alpha value is -2.39. The number of thioether (sulfide) groups is 1. The lowest BCUT2D eigenvalue weighted by atomic mass is 10.2. The molecule has 0 amide bonds. The fourth-order valence-electron chi connectivity index (χ4n) is 2.19. The molecule has 0 bridgehead atoms. The van der Waals surface area contributed by atoms with E-state index < -0.39 is 0 Å². The van der Waals surface area contributed by atoms with Gasteiger partial charge in [-0.05, 0) is 17.7 Å². The molecule has 9 heteroatoms. The number of anilines is 1. The van der Waals surface area contributed by atoms with Gasteiger partial charge in [-0.3, -0.25) is 4.57 Å². The summed E-state index contributed by atoms with van der Waals surface area (Å²) in [4.78, 5) is 12.6. The highest BCUT2D eigenvalue weighted by molar-refractivity contribution is 7.99. The van der Waals surface area contributed by atoms with E-state index in [1.165, 1.54) is 28.5 Å². The zero-order chi connectivity index (χ0) is 17.1. The number of nitrogens with zero attached hydrogens (tertiary/aromatic N) is 4. The molecule has 0 radical (unpaired) electrons. The molecule has 0 aliphatic carbocycles. The van der Waals surface area contributed by atoms with Gasteiger partial charge in [-0.15, -0.1) is 0 Å². The zero-order valence-corrected chi connectivity index (χ0v) is 13.8. The second kappa shape index (κ2) is 7.02. The van der Waals surface area contributed by atoms with Crippen molar-refractivity contribution in [3.05, 3.63) is 35.6 Å². The van der Waals surface area contributed by atoms with Crippen molar-refractivity contribution in [1.82, 2.24) is 19.5 Å². The van der Waals surface area contributed by atoms with E-state index in [0.717, 1.165) is 5.56 Å². The van der Waals surface area contributed by atoms with Gasteiger partial charge in [0.05, 0.1) is 13.2 Å². The third-order valence-electron chi connectivity index (χ3n) is 3.35. The van der Waals surface area contributed by atoms with Crippen LogP contribution in [0.4, 0.5) is 10.2 Å². The zero-order valence-electron chi connectivity index (χ0n) is 12.9. The van der Waals surface area contributed by atoms with E-state index in [1.807, 2.05) is 0 Å².